The van der Waals surface area contributed by atoms with Crippen molar-refractivity contribution in [2.45, 2.75) is 82.9 Å². The summed E-state index contributed by atoms with van der Waals surface area (Å²) in [4.78, 5) is 39.6. The molecular formula is C26H30O8. The Labute approximate surface area is 197 Å². The average molecular weight is 471 g/mol. The Hall–Kier alpha value is -2.19. The molecule has 8 heteroatoms. The minimum Gasteiger partial charge on any atom is -0.465 e. The standard InChI is InChI=1S/C26H30O8/c1-22(2)15-10-16(27)24(4)14(25(15)12-31-18(28)11-17(25)33-22)7-8-23(3)19(13-6-5-9-30-13)32-21(29)20-26(23,24)34-20/h5-6,9,14-15,17,19-20H,7-8,10-12H2,1-4H3/t14?,15-,17-,19-,20+,23-,24-,25+,26+/m0/s1. The van der Waals surface area contributed by atoms with Crippen LogP contribution in [0.5, 0.6) is 0 Å². The summed E-state index contributed by atoms with van der Waals surface area (Å²) in [7, 11) is 0. The normalized spacial score (nSPS) is 52.4. The van der Waals surface area contributed by atoms with Gasteiger partial charge >= 0.3 is 11.9 Å². The smallest absolute Gasteiger partial charge is 0.339 e. The third-order valence-corrected chi connectivity index (χ3v) is 10.7. The number of esters is 2. The summed E-state index contributed by atoms with van der Waals surface area (Å²) in [5.41, 5.74) is -3.62. The maximum Gasteiger partial charge on any atom is 0.339 e. The molecule has 0 amide bonds. The lowest BCUT2D eigenvalue weighted by Crippen LogP contribution is -2.72. The van der Waals surface area contributed by atoms with E-state index in [9.17, 15) is 14.4 Å². The number of ketones is 1. The molecule has 9 atom stereocenters. The molecule has 0 aromatic carbocycles. The first-order chi connectivity index (χ1) is 16.0. The SMILES string of the molecule is CC1(C)O[C@H]2CC(=O)OC[C@]23C2CC[C@@]4(C)[C@H](c5ccco5)OC(=O)[C@H]5O[C@]54[C@]2(C)C(=O)C[C@@H]13. The van der Waals surface area contributed by atoms with Gasteiger partial charge in [-0.3, -0.25) is 9.59 Å². The summed E-state index contributed by atoms with van der Waals surface area (Å²) in [6.07, 6.45) is 1.73. The summed E-state index contributed by atoms with van der Waals surface area (Å²) in [5, 5.41) is 0. The first-order valence-corrected chi connectivity index (χ1v) is 12.3. The molecule has 0 radical (unpaired) electrons. The summed E-state index contributed by atoms with van der Waals surface area (Å²) in [6.45, 7) is 8.33. The van der Waals surface area contributed by atoms with E-state index in [4.69, 9.17) is 23.4 Å². The van der Waals surface area contributed by atoms with Crippen molar-refractivity contribution in [3.05, 3.63) is 24.2 Å². The highest BCUT2D eigenvalue weighted by Crippen LogP contribution is 2.79. The number of cyclic esters (lactones) is 2. The molecule has 2 spiro atoms. The summed E-state index contributed by atoms with van der Waals surface area (Å²) >= 11 is 0. The van der Waals surface area contributed by atoms with Crippen LogP contribution in [-0.2, 0) is 33.3 Å². The van der Waals surface area contributed by atoms with Gasteiger partial charge in [0.1, 0.15) is 23.8 Å². The van der Waals surface area contributed by atoms with Crippen LogP contribution in [0.15, 0.2) is 22.8 Å². The highest BCUT2D eigenvalue weighted by Gasteiger charge is 2.90. The summed E-state index contributed by atoms with van der Waals surface area (Å²) < 4.78 is 30.2. The van der Waals surface area contributed by atoms with Crippen LogP contribution in [0.4, 0.5) is 0 Å². The molecule has 2 aliphatic carbocycles. The Morgan fingerprint density at radius 2 is 1.76 bits per heavy atom. The molecule has 1 aromatic rings. The molecule has 0 bridgehead atoms. The fourth-order valence-corrected chi connectivity index (χ4v) is 9.29. The Kier molecular flexibility index (Phi) is 3.70. The molecule has 7 rings (SSSR count). The monoisotopic (exact) mass is 470 g/mol. The van der Waals surface area contributed by atoms with Gasteiger partial charge in [0.2, 0.25) is 0 Å². The predicted molar refractivity (Wildman–Crippen MR) is 114 cm³/mol. The van der Waals surface area contributed by atoms with E-state index in [0.717, 1.165) is 6.42 Å². The summed E-state index contributed by atoms with van der Waals surface area (Å²) in [5.74, 6) is -0.249. The van der Waals surface area contributed by atoms with Gasteiger partial charge < -0.3 is 23.4 Å². The number of rotatable bonds is 1. The molecule has 4 aliphatic heterocycles. The number of fused-ring (bicyclic) bond motifs is 1. The Morgan fingerprint density at radius 1 is 0.971 bits per heavy atom. The molecule has 2 saturated carbocycles. The van der Waals surface area contributed by atoms with Crippen molar-refractivity contribution in [1.29, 1.82) is 0 Å². The molecule has 8 nitrogen and oxygen atoms in total. The molecule has 6 fully saturated rings. The largest absolute Gasteiger partial charge is 0.465 e. The van der Waals surface area contributed by atoms with E-state index < -0.39 is 45.6 Å². The number of epoxide rings is 1. The first kappa shape index (κ1) is 21.1. The molecular weight excluding hydrogens is 440 g/mol. The predicted octanol–water partition coefficient (Wildman–Crippen LogP) is 3.14. The van der Waals surface area contributed by atoms with Crippen LogP contribution in [0.2, 0.25) is 0 Å². The van der Waals surface area contributed by atoms with Crippen LogP contribution in [0.3, 0.4) is 0 Å². The molecule has 182 valence electrons. The van der Waals surface area contributed by atoms with Crippen LogP contribution >= 0.6 is 0 Å². The zero-order chi connectivity index (χ0) is 23.9. The number of hydrogen-bond acceptors (Lipinski definition) is 8. The average Bonchev–Trinajstić information content (AvgIpc) is 3.26. The minimum absolute atomic E-state index is 0.0713. The van der Waals surface area contributed by atoms with Crippen LogP contribution in [-0.4, -0.2) is 47.7 Å². The fraction of sp³-hybridized carbons (Fsp3) is 0.731. The van der Waals surface area contributed by atoms with Gasteiger partial charge in [-0.25, -0.2) is 4.79 Å². The number of carbonyl (C=O) groups is 3. The van der Waals surface area contributed by atoms with E-state index in [1.807, 2.05) is 26.8 Å². The zero-order valence-electron chi connectivity index (χ0n) is 19.9. The van der Waals surface area contributed by atoms with Gasteiger partial charge in [0.25, 0.3) is 0 Å². The van der Waals surface area contributed by atoms with Gasteiger partial charge in [0.05, 0.1) is 29.8 Å². The van der Waals surface area contributed by atoms with Gasteiger partial charge in [-0.2, -0.15) is 0 Å². The van der Waals surface area contributed by atoms with Crippen molar-refractivity contribution in [1.82, 2.24) is 0 Å². The number of hydrogen-bond donors (Lipinski definition) is 0. The highest BCUT2D eigenvalue weighted by molar-refractivity contribution is 5.93. The quantitative estimate of drug-likeness (QED) is 0.455. The lowest BCUT2D eigenvalue weighted by Gasteiger charge is -2.64. The van der Waals surface area contributed by atoms with E-state index in [1.165, 1.54) is 0 Å². The Balaban J connectivity index is 1.41. The molecule has 1 unspecified atom stereocenters. The third-order valence-electron chi connectivity index (χ3n) is 10.7. The van der Waals surface area contributed by atoms with Crippen molar-refractivity contribution in [2.24, 2.45) is 28.1 Å². The molecule has 5 heterocycles. The first-order valence-electron chi connectivity index (χ1n) is 12.3. The van der Waals surface area contributed by atoms with Crippen molar-refractivity contribution < 1.29 is 37.7 Å². The van der Waals surface area contributed by atoms with Crippen molar-refractivity contribution >= 4 is 17.7 Å². The molecule has 6 aliphatic rings. The van der Waals surface area contributed by atoms with Gasteiger partial charge in [-0.1, -0.05) is 6.92 Å². The maximum atomic E-state index is 14.2. The second-order valence-electron chi connectivity index (χ2n) is 12.1. The van der Waals surface area contributed by atoms with Crippen LogP contribution < -0.4 is 0 Å². The van der Waals surface area contributed by atoms with Crippen molar-refractivity contribution in [2.75, 3.05) is 6.61 Å². The summed E-state index contributed by atoms with van der Waals surface area (Å²) in [6, 6.07) is 3.59. The van der Waals surface area contributed by atoms with Gasteiger partial charge in [0, 0.05) is 23.2 Å². The highest BCUT2D eigenvalue weighted by atomic mass is 16.7. The second-order valence-corrected chi connectivity index (χ2v) is 12.1. The second kappa shape index (κ2) is 5.95. The third kappa shape index (κ3) is 2.02. The number of Topliss-reactive ketones (excluding diaryl/α,β-unsaturated/α-hetero) is 1. The van der Waals surface area contributed by atoms with Crippen LogP contribution in [0.25, 0.3) is 0 Å². The van der Waals surface area contributed by atoms with Crippen molar-refractivity contribution in [3.8, 4) is 0 Å². The number of carbonyl (C=O) groups excluding carboxylic acids is 3. The van der Waals surface area contributed by atoms with Crippen LogP contribution in [0.1, 0.15) is 65.2 Å². The fourth-order valence-electron chi connectivity index (χ4n) is 9.29. The van der Waals surface area contributed by atoms with Crippen molar-refractivity contribution in [3.63, 3.8) is 0 Å². The number of furan rings is 1. The Morgan fingerprint density at radius 3 is 2.50 bits per heavy atom. The topological polar surface area (TPSA) is 105 Å². The molecule has 34 heavy (non-hydrogen) atoms. The van der Waals surface area contributed by atoms with Gasteiger partial charge in [0.15, 0.2) is 12.2 Å². The lowest BCUT2D eigenvalue weighted by atomic mass is 9.37. The van der Waals surface area contributed by atoms with E-state index in [1.54, 1.807) is 12.3 Å². The van der Waals surface area contributed by atoms with E-state index in [0.29, 0.717) is 18.6 Å². The molecule has 4 saturated heterocycles. The van der Waals surface area contributed by atoms with Gasteiger partial charge in [-0.15, -0.1) is 0 Å². The zero-order valence-corrected chi connectivity index (χ0v) is 19.9. The van der Waals surface area contributed by atoms with E-state index >= 15 is 0 Å². The number of ether oxygens (including phenoxy) is 4. The minimum atomic E-state index is -0.995. The van der Waals surface area contributed by atoms with Gasteiger partial charge in [-0.05, 0) is 51.7 Å². The Bertz CT molecular complexity index is 1120. The maximum absolute atomic E-state index is 14.2. The van der Waals surface area contributed by atoms with E-state index in [2.05, 4.69) is 6.92 Å². The molecule has 1 aromatic heterocycles. The van der Waals surface area contributed by atoms with E-state index in [-0.39, 0.29) is 42.7 Å². The van der Waals surface area contributed by atoms with Crippen LogP contribution in [0, 0.1) is 28.1 Å². The lowest BCUT2D eigenvalue weighted by molar-refractivity contribution is -0.227. The molecule has 0 N–H and O–H groups in total.